The Morgan fingerprint density at radius 2 is 1.53 bits per heavy atom. The van der Waals surface area contributed by atoms with E-state index in [1.165, 1.54) is 45.7 Å². The normalized spacial score (nSPS) is 19.8. The lowest BCUT2D eigenvalue weighted by Crippen LogP contribution is -2.47. The summed E-state index contributed by atoms with van der Waals surface area (Å²) in [5.74, 6) is 0. The fourth-order valence-corrected chi connectivity index (χ4v) is 2.15. The van der Waals surface area contributed by atoms with Crippen LogP contribution in [0.25, 0.3) is 0 Å². The zero-order valence-corrected chi connectivity index (χ0v) is 12.3. The number of hydrogen-bond acceptors (Lipinski definition) is 3. The molecular formula is C14H31N3. The zero-order valence-electron chi connectivity index (χ0n) is 12.3. The van der Waals surface area contributed by atoms with Gasteiger partial charge in [-0.3, -0.25) is 4.90 Å². The second-order valence-electron chi connectivity index (χ2n) is 6.34. The highest BCUT2D eigenvalue weighted by Gasteiger charge is 2.14. The van der Waals surface area contributed by atoms with Gasteiger partial charge in [0.05, 0.1) is 0 Å². The molecule has 0 aliphatic carbocycles. The van der Waals surface area contributed by atoms with Crippen molar-refractivity contribution in [2.45, 2.75) is 34.1 Å². The lowest BCUT2D eigenvalue weighted by molar-refractivity contribution is 0.138. The van der Waals surface area contributed by atoms with E-state index in [-0.39, 0.29) is 0 Å². The fraction of sp³-hybridized carbons (Fsp3) is 1.00. The van der Waals surface area contributed by atoms with Crippen molar-refractivity contribution in [2.75, 3.05) is 52.4 Å². The minimum Gasteiger partial charge on any atom is -0.315 e. The van der Waals surface area contributed by atoms with Gasteiger partial charge in [-0.1, -0.05) is 27.7 Å². The number of nitrogens with one attached hydrogen (secondary N) is 1. The summed E-state index contributed by atoms with van der Waals surface area (Å²) in [6.45, 7) is 18.9. The Bertz CT molecular complexity index is 190. The maximum atomic E-state index is 3.56. The number of hydrogen-bond donors (Lipinski definition) is 1. The topological polar surface area (TPSA) is 18.5 Å². The minimum absolute atomic E-state index is 0.458. The van der Waals surface area contributed by atoms with Crippen molar-refractivity contribution in [3.63, 3.8) is 0 Å². The van der Waals surface area contributed by atoms with E-state index in [1.54, 1.807) is 0 Å². The van der Waals surface area contributed by atoms with Gasteiger partial charge in [0, 0.05) is 39.3 Å². The van der Waals surface area contributed by atoms with Crippen LogP contribution in [0.15, 0.2) is 0 Å². The number of nitrogens with zero attached hydrogens (tertiary/aromatic N) is 2. The van der Waals surface area contributed by atoms with E-state index in [0.29, 0.717) is 5.41 Å². The molecule has 0 spiro atoms. The number of rotatable bonds is 6. The standard InChI is InChI=1S/C14H31N3/c1-5-16-10-12-17(13-11-16)9-8-15-7-6-14(2,3)4/h15H,5-13H2,1-4H3. The molecule has 0 aromatic rings. The monoisotopic (exact) mass is 241 g/mol. The smallest absolute Gasteiger partial charge is 0.0110 e. The Labute approximate surface area is 108 Å². The van der Waals surface area contributed by atoms with Crippen molar-refractivity contribution >= 4 is 0 Å². The molecule has 1 aliphatic heterocycles. The van der Waals surface area contributed by atoms with Gasteiger partial charge in [0.25, 0.3) is 0 Å². The highest BCUT2D eigenvalue weighted by Crippen LogP contribution is 2.16. The van der Waals surface area contributed by atoms with Gasteiger partial charge in [-0.15, -0.1) is 0 Å². The first-order valence-corrected chi connectivity index (χ1v) is 7.17. The quantitative estimate of drug-likeness (QED) is 0.713. The highest BCUT2D eigenvalue weighted by molar-refractivity contribution is 4.71. The summed E-state index contributed by atoms with van der Waals surface area (Å²) in [4.78, 5) is 5.11. The van der Waals surface area contributed by atoms with Gasteiger partial charge in [-0.25, -0.2) is 0 Å². The van der Waals surface area contributed by atoms with Crippen LogP contribution in [0.5, 0.6) is 0 Å². The Morgan fingerprint density at radius 3 is 2.06 bits per heavy atom. The molecule has 0 aromatic carbocycles. The Hall–Kier alpha value is -0.120. The van der Waals surface area contributed by atoms with Gasteiger partial charge >= 0.3 is 0 Å². The summed E-state index contributed by atoms with van der Waals surface area (Å²) >= 11 is 0. The molecule has 0 bridgehead atoms. The van der Waals surface area contributed by atoms with Gasteiger partial charge in [0.15, 0.2) is 0 Å². The van der Waals surface area contributed by atoms with E-state index >= 15 is 0 Å². The van der Waals surface area contributed by atoms with Crippen molar-refractivity contribution in [1.29, 1.82) is 0 Å². The van der Waals surface area contributed by atoms with Gasteiger partial charge in [0.1, 0.15) is 0 Å². The van der Waals surface area contributed by atoms with Crippen molar-refractivity contribution in [3.05, 3.63) is 0 Å². The predicted octanol–water partition coefficient (Wildman–Crippen LogP) is 1.65. The van der Waals surface area contributed by atoms with Crippen LogP contribution in [0, 0.1) is 5.41 Å². The van der Waals surface area contributed by atoms with Gasteiger partial charge in [-0.2, -0.15) is 0 Å². The summed E-state index contributed by atoms with van der Waals surface area (Å²) in [7, 11) is 0. The van der Waals surface area contributed by atoms with Crippen LogP contribution >= 0.6 is 0 Å². The third kappa shape index (κ3) is 7.02. The largest absolute Gasteiger partial charge is 0.315 e. The van der Waals surface area contributed by atoms with E-state index in [2.05, 4.69) is 42.8 Å². The molecule has 1 rings (SSSR count). The van der Waals surface area contributed by atoms with E-state index in [4.69, 9.17) is 0 Å². The molecule has 0 amide bonds. The molecule has 3 nitrogen and oxygen atoms in total. The fourth-order valence-electron chi connectivity index (χ4n) is 2.15. The third-order valence-corrected chi connectivity index (χ3v) is 3.57. The average Bonchev–Trinajstić information content (AvgIpc) is 2.28. The summed E-state index contributed by atoms with van der Waals surface area (Å²) in [5.41, 5.74) is 0.458. The van der Waals surface area contributed by atoms with Crippen LogP contribution in [0.2, 0.25) is 0 Å². The van der Waals surface area contributed by atoms with Crippen LogP contribution in [-0.2, 0) is 0 Å². The number of piperazine rings is 1. The average molecular weight is 241 g/mol. The van der Waals surface area contributed by atoms with Crippen LogP contribution < -0.4 is 5.32 Å². The molecular weight excluding hydrogens is 210 g/mol. The second-order valence-corrected chi connectivity index (χ2v) is 6.34. The molecule has 1 heterocycles. The summed E-state index contributed by atoms with van der Waals surface area (Å²) in [6.07, 6.45) is 1.26. The Balaban J connectivity index is 1.97. The first kappa shape index (κ1) is 14.9. The maximum Gasteiger partial charge on any atom is 0.0110 e. The molecule has 0 aromatic heterocycles. The van der Waals surface area contributed by atoms with Gasteiger partial charge in [0.2, 0.25) is 0 Å². The minimum atomic E-state index is 0.458. The molecule has 0 saturated carbocycles. The third-order valence-electron chi connectivity index (χ3n) is 3.57. The molecule has 1 aliphatic rings. The van der Waals surface area contributed by atoms with Crippen molar-refractivity contribution in [3.8, 4) is 0 Å². The summed E-state index contributed by atoms with van der Waals surface area (Å²) in [6, 6.07) is 0. The van der Waals surface area contributed by atoms with Crippen LogP contribution in [0.1, 0.15) is 34.1 Å². The molecule has 0 radical (unpaired) electrons. The molecule has 1 saturated heterocycles. The van der Waals surface area contributed by atoms with Crippen molar-refractivity contribution in [2.24, 2.45) is 5.41 Å². The maximum absolute atomic E-state index is 3.56. The van der Waals surface area contributed by atoms with Gasteiger partial charge < -0.3 is 10.2 Å². The molecule has 0 unspecified atom stereocenters. The van der Waals surface area contributed by atoms with Crippen LogP contribution in [0.3, 0.4) is 0 Å². The van der Waals surface area contributed by atoms with Crippen LogP contribution in [-0.4, -0.2) is 62.2 Å². The Morgan fingerprint density at radius 1 is 0.941 bits per heavy atom. The molecule has 1 fully saturated rings. The van der Waals surface area contributed by atoms with E-state index in [0.717, 1.165) is 13.1 Å². The van der Waals surface area contributed by atoms with Crippen LogP contribution in [0.4, 0.5) is 0 Å². The van der Waals surface area contributed by atoms with E-state index < -0.39 is 0 Å². The zero-order chi connectivity index (χ0) is 12.7. The molecule has 3 heteroatoms. The Kier molecular flexibility index (Phi) is 6.45. The number of likely N-dealkylation sites (N-methyl/N-ethyl adjacent to an activating group) is 1. The lowest BCUT2D eigenvalue weighted by atomic mass is 9.92. The lowest BCUT2D eigenvalue weighted by Gasteiger charge is -2.34. The van der Waals surface area contributed by atoms with Gasteiger partial charge in [-0.05, 0) is 24.9 Å². The first-order valence-electron chi connectivity index (χ1n) is 7.17. The SMILES string of the molecule is CCN1CCN(CCNCCC(C)(C)C)CC1. The van der Waals surface area contributed by atoms with Crippen molar-refractivity contribution in [1.82, 2.24) is 15.1 Å². The predicted molar refractivity (Wildman–Crippen MR) is 75.5 cm³/mol. The van der Waals surface area contributed by atoms with E-state index in [1.807, 2.05) is 0 Å². The molecule has 17 heavy (non-hydrogen) atoms. The summed E-state index contributed by atoms with van der Waals surface area (Å²) < 4.78 is 0. The summed E-state index contributed by atoms with van der Waals surface area (Å²) in [5, 5.41) is 3.56. The van der Waals surface area contributed by atoms with E-state index in [9.17, 15) is 0 Å². The molecule has 1 N–H and O–H groups in total. The van der Waals surface area contributed by atoms with Crippen molar-refractivity contribution < 1.29 is 0 Å². The highest BCUT2D eigenvalue weighted by atomic mass is 15.3. The second kappa shape index (κ2) is 7.34. The molecule has 0 atom stereocenters. The first-order chi connectivity index (χ1) is 8.01. The molecule has 102 valence electrons.